The van der Waals surface area contributed by atoms with Crippen LogP contribution in [0.4, 0.5) is 4.39 Å². The van der Waals surface area contributed by atoms with Crippen LogP contribution < -0.4 is 5.32 Å². The Hall–Kier alpha value is -2.69. The van der Waals surface area contributed by atoms with Gasteiger partial charge in [0.25, 0.3) is 5.91 Å². The van der Waals surface area contributed by atoms with E-state index in [2.05, 4.69) is 5.32 Å². The highest BCUT2D eigenvalue weighted by atomic mass is 19.1. The Balaban J connectivity index is 1.88. The number of rotatable bonds is 5. The number of halogens is 1. The predicted molar refractivity (Wildman–Crippen MR) is 86.4 cm³/mol. The van der Waals surface area contributed by atoms with Crippen LogP contribution in [0.3, 0.4) is 0 Å². The number of nitrogens with one attached hydrogen (secondary N) is 1. The summed E-state index contributed by atoms with van der Waals surface area (Å²) in [6, 6.07) is 13.1. The first-order valence-corrected chi connectivity index (χ1v) is 7.27. The van der Waals surface area contributed by atoms with Crippen LogP contribution in [0.25, 0.3) is 0 Å². The topological polar surface area (TPSA) is 49.4 Å². The van der Waals surface area contributed by atoms with E-state index in [4.69, 9.17) is 0 Å². The molecule has 0 unspecified atom stereocenters. The molecule has 2 rings (SSSR count). The van der Waals surface area contributed by atoms with Crippen LogP contribution in [0.5, 0.6) is 0 Å². The van der Waals surface area contributed by atoms with E-state index in [1.807, 2.05) is 0 Å². The molecule has 1 N–H and O–H groups in total. The first-order valence-electron chi connectivity index (χ1n) is 7.27. The molecule has 0 saturated heterocycles. The molecule has 0 aliphatic carbocycles. The zero-order chi connectivity index (χ0) is 16.8. The summed E-state index contributed by atoms with van der Waals surface area (Å²) < 4.78 is 13.1. The molecular formula is C18H19FN2O2. The number of carbonyl (C=O) groups is 2. The molecule has 2 aromatic carbocycles. The Bertz CT molecular complexity index is 696. The van der Waals surface area contributed by atoms with E-state index < -0.39 is 0 Å². The highest BCUT2D eigenvalue weighted by Crippen LogP contribution is 2.07. The van der Waals surface area contributed by atoms with Gasteiger partial charge in [0.15, 0.2) is 0 Å². The van der Waals surface area contributed by atoms with E-state index in [1.54, 1.807) is 50.5 Å². The minimum atomic E-state index is -0.351. The van der Waals surface area contributed by atoms with Gasteiger partial charge in [-0.2, -0.15) is 0 Å². The lowest BCUT2D eigenvalue weighted by atomic mass is 10.1. The molecular weight excluding hydrogens is 295 g/mol. The number of hydrogen-bond acceptors (Lipinski definition) is 2. The third-order valence-electron chi connectivity index (χ3n) is 3.35. The third-order valence-corrected chi connectivity index (χ3v) is 3.35. The van der Waals surface area contributed by atoms with Crippen LogP contribution in [0.15, 0.2) is 48.5 Å². The molecule has 120 valence electrons. The first-order chi connectivity index (χ1) is 11.0. The van der Waals surface area contributed by atoms with Crippen molar-refractivity contribution in [2.24, 2.45) is 0 Å². The molecule has 0 aromatic heterocycles. The minimum Gasteiger partial charge on any atom is -0.352 e. The van der Waals surface area contributed by atoms with Gasteiger partial charge in [-0.3, -0.25) is 9.59 Å². The molecule has 2 amide bonds. The normalized spacial score (nSPS) is 10.2. The standard InChI is InChI=1S/C18H19FN2O2/c1-21(2)18(23)15-8-6-13(7-9-15)12-20-17(22)11-14-4-3-5-16(19)10-14/h3-10H,11-12H2,1-2H3,(H,20,22). The number of benzene rings is 2. The minimum absolute atomic E-state index is 0.0633. The van der Waals surface area contributed by atoms with Gasteiger partial charge < -0.3 is 10.2 Å². The first kappa shape index (κ1) is 16.7. The summed E-state index contributed by atoms with van der Waals surface area (Å²) in [4.78, 5) is 25.2. The quantitative estimate of drug-likeness (QED) is 0.921. The van der Waals surface area contributed by atoms with Crippen LogP contribution in [0, 0.1) is 5.82 Å². The molecule has 0 spiro atoms. The average molecular weight is 314 g/mol. The Kier molecular flexibility index (Phi) is 5.46. The predicted octanol–water partition coefficient (Wildman–Crippen LogP) is 2.39. The molecule has 0 atom stereocenters. The molecule has 0 heterocycles. The summed E-state index contributed by atoms with van der Waals surface area (Å²) in [5, 5.41) is 2.78. The maximum Gasteiger partial charge on any atom is 0.253 e. The second-order valence-electron chi connectivity index (χ2n) is 5.48. The van der Waals surface area contributed by atoms with Crippen molar-refractivity contribution in [2.75, 3.05) is 14.1 Å². The van der Waals surface area contributed by atoms with Crippen molar-refractivity contribution in [3.63, 3.8) is 0 Å². The number of hydrogen-bond donors (Lipinski definition) is 1. The Morgan fingerprint density at radius 3 is 2.35 bits per heavy atom. The fraction of sp³-hybridized carbons (Fsp3) is 0.222. The number of nitrogens with zero attached hydrogens (tertiary/aromatic N) is 1. The Morgan fingerprint density at radius 1 is 1.04 bits per heavy atom. The summed E-state index contributed by atoms with van der Waals surface area (Å²) in [5.74, 6) is -0.591. The van der Waals surface area contributed by atoms with Crippen molar-refractivity contribution in [3.05, 3.63) is 71.0 Å². The SMILES string of the molecule is CN(C)C(=O)c1ccc(CNC(=O)Cc2cccc(F)c2)cc1. The lowest BCUT2D eigenvalue weighted by Gasteiger charge is -2.11. The van der Waals surface area contributed by atoms with Crippen molar-refractivity contribution >= 4 is 11.8 Å². The molecule has 0 saturated carbocycles. The summed E-state index contributed by atoms with van der Waals surface area (Å²) in [5.41, 5.74) is 2.13. The average Bonchev–Trinajstić information content (AvgIpc) is 2.52. The van der Waals surface area contributed by atoms with Crippen molar-refractivity contribution in [1.29, 1.82) is 0 Å². The molecule has 0 aliphatic heterocycles. The van der Waals surface area contributed by atoms with E-state index in [-0.39, 0.29) is 24.1 Å². The van der Waals surface area contributed by atoms with Gasteiger partial charge in [-0.15, -0.1) is 0 Å². The molecule has 0 radical (unpaired) electrons. The fourth-order valence-corrected chi connectivity index (χ4v) is 2.12. The highest BCUT2D eigenvalue weighted by Gasteiger charge is 2.08. The van der Waals surface area contributed by atoms with E-state index in [0.717, 1.165) is 5.56 Å². The van der Waals surface area contributed by atoms with Crippen molar-refractivity contribution in [3.8, 4) is 0 Å². The second kappa shape index (κ2) is 7.54. The van der Waals surface area contributed by atoms with Crippen LogP contribution in [-0.2, 0) is 17.8 Å². The molecule has 0 fully saturated rings. The zero-order valence-corrected chi connectivity index (χ0v) is 13.2. The molecule has 0 aliphatic rings. The van der Waals surface area contributed by atoms with E-state index in [9.17, 15) is 14.0 Å². The Labute approximate surface area is 134 Å². The van der Waals surface area contributed by atoms with Crippen molar-refractivity contribution in [1.82, 2.24) is 10.2 Å². The van der Waals surface area contributed by atoms with E-state index in [1.165, 1.54) is 17.0 Å². The Morgan fingerprint density at radius 2 is 1.74 bits per heavy atom. The van der Waals surface area contributed by atoms with Crippen LogP contribution >= 0.6 is 0 Å². The lowest BCUT2D eigenvalue weighted by molar-refractivity contribution is -0.120. The third kappa shape index (κ3) is 4.92. The van der Waals surface area contributed by atoms with Gasteiger partial charge >= 0.3 is 0 Å². The number of amides is 2. The molecule has 5 heteroatoms. The molecule has 2 aromatic rings. The van der Waals surface area contributed by atoms with Gasteiger partial charge in [0.1, 0.15) is 5.82 Å². The molecule has 23 heavy (non-hydrogen) atoms. The van der Waals surface area contributed by atoms with E-state index >= 15 is 0 Å². The van der Waals surface area contributed by atoms with Crippen molar-refractivity contribution in [2.45, 2.75) is 13.0 Å². The van der Waals surface area contributed by atoms with Gasteiger partial charge in [-0.1, -0.05) is 24.3 Å². The van der Waals surface area contributed by atoms with Gasteiger partial charge in [-0.25, -0.2) is 4.39 Å². The largest absolute Gasteiger partial charge is 0.352 e. The molecule has 0 bridgehead atoms. The summed E-state index contributed by atoms with van der Waals surface area (Å²) in [6.45, 7) is 0.366. The summed E-state index contributed by atoms with van der Waals surface area (Å²) >= 11 is 0. The lowest BCUT2D eigenvalue weighted by Crippen LogP contribution is -2.25. The van der Waals surface area contributed by atoms with Crippen LogP contribution in [0.1, 0.15) is 21.5 Å². The maximum absolute atomic E-state index is 13.1. The van der Waals surface area contributed by atoms with E-state index in [0.29, 0.717) is 17.7 Å². The fourth-order valence-electron chi connectivity index (χ4n) is 2.12. The van der Waals surface area contributed by atoms with Crippen molar-refractivity contribution < 1.29 is 14.0 Å². The van der Waals surface area contributed by atoms with Gasteiger partial charge in [0.05, 0.1) is 6.42 Å². The van der Waals surface area contributed by atoms with Gasteiger partial charge in [-0.05, 0) is 35.4 Å². The van der Waals surface area contributed by atoms with Gasteiger partial charge in [0, 0.05) is 26.2 Å². The highest BCUT2D eigenvalue weighted by molar-refractivity contribution is 5.93. The summed E-state index contributed by atoms with van der Waals surface area (Å²) in [6.07, 6.45) is 0.134. The van der Waals surface area contributed by atoms with Crippen LogP contribution in [0.2, 0.25) is 0 Å². The van der Waals surface area contributed by atoms with Gasteiger partial charge in [0.2, 0.25) is 5.91 Å². The zero-order valence-electron chi connectivity index (χ0n) is 13.2. The second-order valence-corrected chi connectivity index (χ2v) is 5.48. The smallest absolute Gasteiger partial charge is 0.253 e. The maximum atomic E-state index is 13.1. The molecule has 4 nitrogen and oxygen atoms in total. The number of carbonyl (C=O) groups excluding carboxylic acids is 2. The van der Waals surface area contributed by atoms with Crippen LogP contribution in [-0.4, -0.2) is 30.8 Å². The monoisotopic (exact) mass is 314 g/mol. The summed E-state index contributed by atoms with van der Waals surface area (Å²) in [7, 11) is 3.39.